The summed E-state index contributed by atoms with van der Waals surface area (Å²) in [5.41, 5.74) is 31.0. The van der Waals surface area contributed by atoms with Crippen LogP contribution in [0.4, 0.5) is 0 Å². The molecule has 0 saturated heterocycles. The van der Waals surface area contributed by atoms with E-state index in [9.17, 15) is 0 Å². The molecule has 0 bridgehead atoms. The third-order valence-corrected chi connectivity index (χ3v) is 18.1. The maximum Gasteiger partial charge on any atom is 0.0894 e. The Bertz CT molecular complexity index is 5550. The first kappa shape index (κ1) is 88.0. The van der Waals surface area contributed by atoms with Gasteiger partial charge in [-0.1, -0.05) is 188 Å². The molecule has 123 heavy (non-hydrogen) atoms. The standard InChI is InChI=1S/C16H13N3.4C12H11N.4C11H10N2/c1-12-8-9-14(18-11-12)16-7-4-6-15(19-16)13-5-2-3-10-17-13;2*1-10-6-5-9-12(13-10)11-7-3-2-4-8-11;1-10-7-12(9-13-8-10)11-5-3-2-4-6-11;1-10-7-8-12(13-9-10)11-5-3-2-4-6-11;1-9-4-5-11(13-7-9)10-3-2-6-12-8-10;1-9-5-11(8-13-6-9)10-3-2-4-12-7-10;1-9-5-6-11(13-8-9)10-4-2-3-7-12-10;1-9-6-10(8-12-7-9)11-4-2-3-5-13-11/h2-11H,1H3;4*2-9H,1H3;4*2-8H,1H3. The molecule has 19 rings (SSSR count). The fourth-order valence-electron chi connectivity index (χ4n) is 11.8. The van der Waals surface area contributed by atoms with Crippen LogP contribution in [0, 0.1) is 62.3 Å². The normalized spacial score (nSPS) is 9.99. The molecule has 15 nitrogen and oxygen atoms in total. The maximum atomic E-state index is 4.62. The Kier molecular flexibility index (Phi) is 34.4. The molecule has 0 saturated carbocycles. The van der Waals surface area contributed by atoms with Gasteiger partial charge in [0.15, 0.2) is 0 Å². The lowest BCUT2D eigenvalue weighted by atomic mass is 10.1. The van der Waals surface area contributed by atoms with Crippen molar-refractivity contribution < 1.29 is 0 Å². The molecule has 0 amide bonds. The van der Waals surface area contributed by atoms with Gasteiger partial charge in [-0.25, -0.2) is 4.98 Å². The van der Waals surface area contributed by atoms with Crippen LogP contribution in [0.2, 0.25) is 0 Å². The van der Waals surface area contributed by atoms with Crippen LogP contribution in [-0.4, -0.2) is 74.8 Å². The van der Waals surface area contributed by atoms with Crippen molar-refractivity contribution in [2.24, 2.45) is 0 Å². The highest BCUT2D eigenvalue weighted by Gasteiger charge is 2.08. The van der Waals surface area contributed by atoms with E-state index in [1.807, 2.05) is 372 Å². The largest absolute Gasteiger partial charge is 0.264 e. The molecular formula is C108H97N15. The zero-order chi connectivity index (χ0) is 85.8. The van der Waals surface area contributed by atoms with E-state index in [1.54, 1.807) is 31.0 Å². The highest BCUT2D eigenvalue weighted by molar-refractivity contribution is 5.66. The molecule has 0 unspecified atom stereocenters. The van der Waals surface area contributed by atoms with Crippen LogP contribution in [-0.2, 0) is 0 Å². The van der Waals surface area contributed by atoms with Crippen LogP contribution in [0.5, 0.6) is 0 Å². The Morgan fingerprint density at radius 3 is 0.797 bits per heavy atom. The quantitative estimate of drug-likeness (QED) is 0.125. The lowest BCUT2D eigenvalue weighted by Gasteiger charge is -2.04. The number of benzene rings is 4. The second-order valence-corrected chi connectivity index (χ2v) is 28.5. The van der Waals surface area contributed by atoms with E-state index in [-0.39, 0.29) is 0 Å². The molecule has 0 aliphatic heterocycles. The fourth-order valence-corrected chi connectivity index (χ4v) is 11.8. The van der Waals surface area contributed by atoms with Crippen molar-refractivity contribution in [3.05, 3.63) is 477 Å². The van der Waals surface area contributed by atoms with Crippen LogP contribution < -0.4 is 0 Å². The molecular weight excluding hydrogens is 1510 g/mol. The topological polar surface area (TPSA) is 193 Å². The minimum Gasteiger partial charge on any atom is -0.264 e. The van der Waals surface area contributed by atoms with E-state index < -0.39 is 0 Å². The Morgan fingerprint density at radius 2 is 0.423 bits per heavy atom. The zero-order valence-electron chi connectivity index (χ0n) is 70.6. The third-order valence-electron chi connectivity index (χ3n) is 18.1. The van der Waals surface area contributed by atoms with Gasteiger partial charge in [-0.05, 0) is 240 Å². The summed E-state index contributed by atoms with van der Waals surface area (Å²) in [7, 11) is 0. The number of pyridine rings is 15. The Labute approximate surface area is 722 Å². The minimum absolute atomic E-state index is 0.862. The summed E-state index contributed by atoms with van der Waals surface area (Å²) in [6.45, 7) is 18.2. The number of aryl methyl sites for hydroxylation is 9. The van der Waals surface area contributed by atoms with Crippen molar-refractivity contribution in [3.63, 3.8) is 0 Å². The van der Waals surface area contributed by atoms with Gasteiger partial charge in [0.2, 0.25) is 0 Å². The fraction of sp³-hybridized carbons (Fsp3) is 0.0833. The SMILES string of the molecule is Cc1ccc(-c2cccc(-c3ccccn3)n2)nc1.Cc1ccc(-c2ccccc2)nc1.Cc1ccc(-c2ccccn2)nc1.Cc1ccc(-c2cccnc2)nc1.Cc1cccc(-c2ccccc2)n1.Cc1cccc(-c2ccccc2)n1.Cc1cncc(-c2ccccc2)c1.Cc1cncc(-c2ccccn2)c1.Cc1cncc(-c2cccnc2)c1. The molecule has 0 radical (unpaired) electrons. The average Bonchev–Trinajstić information content (AvgIpc) is 0.830. The number of hydrogen-bond donors (Lipinski definition) is 0. The van der Waals surface area contributed by atoms with Gasteiger partial charge in [-0.15, -0.1) is 0 Å². The Hall–Kier alpha value is -15.9. The smallest absolute Gasteiger partial charge is 0.0894 e. The summed E-state index contributed by atoms with van der Waals surface area (Å²) >= 11 is 0. The first-order valence-electron chi connectivity index (χ1n) is 40.3. The van der Waals surface area contributed by atoms with E-state index in [0.29, 0.717) is 0 Å². The molecule has 19 aromatic rings. The number of nitrogens with zero attached hydrogens (tertiary/aromatic N) is 15. The maximum absolute atomic E-state index is 4.62. The van der Waals surface area contributed by atoms with Gasteiger partial charge in [0.05, 0.1) is 62.6 Å². The highest BCUT2D eigenvalue weighted by atomic mass is 14.8. The predicted octanol–water partition coefficient (Wildman–Crippen LogP) is 25.6. The van der Waals surface area contributed by atoms with E-state index in [4.69, 9.17) is 0 Å². The predicted molar refractivity (Wildman–Crippen MR) is 502 cm³/mol. The van der Waals surface area contributed by atoms with Gasteiger partial charge >= 0.3 is 0 Å². The van der Waals surface area contributed by atoms with E-state index in [2.05, 4.69) is 161 Å². The minimum atomic E-state index is 0.862. The monoisotopic (exact) mass is 1600 g/mol. The van der Waals surface area contributed by atoms with Crippen LogP contribution >= 0.6 is 0 Å². The number of rotatable bonds is 10. The average molecular weight is 1610 g/mol. The highest BCUT2D eigenvalue weighted by Crippen LogP contribution is 2.25. The molecule has 15 heteroatoms. The second kappa shape index (κ2) is 48.1. The molecule has 0 spiro atoms. The van der Waals surface area contributed by atoms with Crippen molar-refractivity contribution in [3.8, 4) is 113 Å². The summed E-state index contributed by atoms with van der Waals surface area (Å²) in [5, 5.41) is 0. The van der Waals surface area contributed by atoms with Gasteiger partial charge in [-0.2, -0.15) is 0 Å². The van der Waals surface area contributed by atoms with Crippen LogP contribution in [0.25, 0.3) is 113 Å². The summed E-state index contributed by atoms with van der Waals surface area (Å²) in [4.78, 5) is 64.1. The van der Waals surface area contributed by atoms with Crippen molar-refractivity contribution >= 4 is 0 Å². The van der Waals surface area contributed by atoms with Gasteiger partial charge in [0, 0.05) is 161 Å². The third kappa shape index (κ3) is 29.9. The first-order chi connectivity index (χ1) is 60.2. The first-order valence-corrected chi connectivity index (χ1v) is 40.3. The lowest BCUT2D eigenvalue weighted by molar-refractivity contribution is 1.20. The number of hydrogen-bond acceptors (Lipinski definition) is 15. The van der Waals surface area contributed by atoms with Crippen molar-refractivity contribution in [2.45, 2.75) is 62.3 Å². The van der Waals surface area contributed by atoms with Crippen molar-refractivity contribution in [1.82, 2.24) is 74.8 Å². The second-order valence-electron chi connectivity index (χ2n) is 28.5. The Balaban J connectivity index is 0.000000135. The summed E-state index contributed by atoms with van der Waals surface area (Å²) < 4.78 is 0. The molecule has 0 N–H and O–H groups in total. The van der Waals surface area contributed by atoms with Gasteiger partial charge < -0.3 is 0 Å². The zero-order valence-corrected chi connectivity index (χ0v) is 70.6. The summed E-state index contributed by atoms with van der Waals surface area (Å²) in [5.74, 6) is 0. The van der Waals surface area contributed by atoms with E-state index in [0.717, 1.165) is 107 Å². The molecule has 0 fully saturated rings. The summed E-state index contributed by atoms with van der Waals surface area (Å²) in [6.07, 6.45) is 31.1. The number of aromatic nitrogens is 15. The Morgan fingerprint density at radius 1 is 0.138 bits per heavy atom. The van der Waals surface area contributed by atoms with Crippen LogP contribution in [0.15, 0.2) is 427 Å². The van der Waals surface area contributed by atoms with Crippen molar-refractivity contribution in [2.75, 3.05) is 0 Å². The lowest BCUT2D eigenvalue weighted by Crippen LogP contribution is -1.91. The van der Waals surface area contributed by atoms with Crippen molar-refractivity contribution in [1.29, 1.82) is 0 Å². The molecule has 604 valence electrons. The van der Waals surface area contributed by atoms with E-state index in [1.165, 1.54) is 55.6 Å². The van der Waals surface area contributed by atoms with Gasteiger partial charge in [0.25, 0.3) is 0 Å². The molecule has 0 aliphatic rings. The molecule has 0 aliphatic carbocycles. The van der Waals surface area contributed by atoms with E-state index >= 15 is 0 Å². The van der Waals surface area contributed by atoms with Crippen LogP contribution in [0.1, 0.15) is 50.3 Å². The molecule has 15 heterocycles. The van der Waals surface area contributed by atoms with Gasteiger partial charge in [-0.3, -0.25) is 69.8 Å². The molecule has 0 atom stereocenters. The molecule has 15 aromatic heterocycles. The summed E-state index contributed by atoms with van der Waals surface area (Å²) in [6, 6.07) is 107. The van der Waals surface area contributed by atoms with Crippen LogP contribution in [0.3, 0.4) is 0 Å². The molecule has 4 aromatic carbocycles. The van der Waals surface area contributed by atoms with Gasteiger partial charge in [0.1, 0.15) is 0 Å².